The van der Waals surface area contributed by atoms with Crippen LogP contribution in [-0.4, -0.2) is 61.9 Å². The number of likely N-dealkylation sites (tertiary alicyclic amines) is 1. The summed E-state index contributed by atoms with van der Waals surface area (Å²) in [5, 5.41) is 3.68. The Labute approximate surface area is 215 Å². The first-order valence-electron chi connectivity index (χ1n) is 11.8. The van der Waals surface area contributed by atoms with Crippen molar-refractivity contribution in [2.24, 2.45) is 0 Å². The van der Waals surface area contributed by atoms with E-state index in [9.17, 15) is 13.2 Å². The van der Waals surface area contributed by atoms with E-state index >= 15 is 4.39 Å². The van der Waals surface area contributed by atoms with E-state index in [4.69, 9.17) is 16.3 Å². The Balaban J connectivity index is 1.75. The summed E-state index contributed by atoms with van der Waals surface area (Å²) < 4.78 is 47.3. The third-order valence-electron chi connectivity index (χ3n) is 6.70. The molecule has 0 aliphatic carbocycles. The van der Waals surface area contributed by atoms with Gasteiger partial charge in [0.1, 0.15) is 11.3 Å². The number of aromatic nitrogens is 2. The second-order valence-corrected chi connectivity index (χ2v) is 11.6. The SMILES string of the molecule is CCS(=O)(=O)c1ccc(Cl)cc1Cn1cnc2c(OC)c(CN3CCC[C@H](NC)C3)c(F)cc2c1=O. The molecule has 2 heterocycles. The molecule has 36 heavy (non-hydrogen) atoms. The van der Waals surface area contributed by atoms with Gasteiger partial charge in [0.05, 0.1) is 36.0 Å². The van der Waals surface area contributed by atoms with Gasteiger partial charge in [-0.3, -0.25) is 14.3 Å². The Bertz CT molecular complexity index is 1440. The maximum Gasteiger partial charge on any atom is 0.261 e. The van der Waals surface area contributed by atoms with Crippen LogP contribution in [0.5, 0.6) is 5.75 Å². The van der Waals surface area contributed by atoms with Gasteiger partial charge in [0.15, 0.2) is 15.6 Å². The Morgan fingerprint density at radius 2 is 2.06 bits per heavy atom. The second kappa shape index (κ2) is 10.8. The van der Waals surface area contributed by atoms with Crippen molar-refractivity contribution in [3.8, 4) is 5.75 Å². The molecule has 1 aromatic heterocycles. The van der Waals surface area contributed by atoms with Gasteiger partial charge in [-0.15, -0.1) is 0 Å². The summed E-state index contributed by atoms with van der Waals surface area (Å²) in [4.78, 5) is 20.0. The third-order valence-corrected chi connectivity index (χ3v) is 8.76. The number of nitrogens with one attached hydrogen (secondary N) is 1. The molecule has 0 saturated carbocycles. The van der Waals surface area contributed by atoms with Crippen LogP contribution in [0.2, 0.25) is 5.02 Å². The first kappa shape index (κ1) is 26.5. The molecule has 8 nitrogen and oxygen atoms in total. The average molecular weight is 537 g/mol. The van der Waals surface area contributed by atoms with Crippen LogP contribution in [0.1, 0.15) is 30.9 Å². The zero-order valence-electron chi connectivity index (χ0n) is 20.6. The number of hydrogen-bond acceptors (Lipinski definition) is 7. The first-order valence-corrected chi connectivity index (χ1v) is 13.9. The van der Waals surface area contributed by atoms with Crippen molar-refractivity contribution >= 4 is 32.3 Å². The van der Waals surface area contributed by atoms with Crippen molar-refractivity contribution < 1.29 is 17.5 Å². The zero-order valence-corrected chi connectivity index (χ0v) is 22.1. The van der Waals surface area contributed by atoms with Gasteiger partial charge >= 0.3 is 0 Å². The number of halogens is 2. The minimum Gasteiger partial charge on any atom is -0.494 e. The summed E-state index contributed by atoms with van der Waals surface area (Å²) in [6.45, 7) is 3.44. The zero-order chi connectivity index (χ0) is 26.0. The van der Waals surface area contributed by atoms with Gasteiger partial charge in [-0.2, -0.15) is 0 Å². The Hall–Kier alpha value is -2.53. The third kappa shape index (κ3) is 5.27. The molecule has 4 rings (SSSR count). The van der Waals surface area contributed by atoms with E-state index < -0.39 is 21.2 Å². The lowest BCUT2D eigenvalue weighted by molar-refractivity contribution is 0.184. The summed E-state index contributed by atoms with van der Waals surface area (Å²) in [6.07, 6.45) is 3.40. The van der Waals surface area contributed by atoms with Crippen LogP contribution < -0.4 is 15.6 Å². The topological polar surface area (TPSA) is 93.5 Å². The van der Waals surface area contributed by atoms with Crippen LogP contribution in [0, 0.1) is 5.82 Å². The largest absolute Gasteiger partial charge is 0.494 e. The van der Waals surface area contributed by atoms with Gasteiger partial charge in [0, 0.05) is 29.7 Å². The number of likely N-dealkylation sites (N-methyl/N-ethyl adjacent to an activating group) is 1. The van der Waals surface area contributed by atoms with Crippen molar-refractivity contribution in [2.75, 3.05) is 33.0 Å². The fourth-order valence-corrected chi connectivity index (χ4v) is 6.04. The highest BCUT2D eigenvalue weighted by atomic mass is 35.5. The lowest BCUT2D eigenvalue weighted by Crippen LogP contribution is -2.44. The van der Waals surface area contributed by atoms with Crippen LogP contribution in [0.25, 0.3) is 10.9 Å². The number of nitrogens with zero attached hydrogens (tertiary/aromatic N) is 3. The predicted molar refractivity (Wildman–Crippen MR) is 138 cm³/mol. The molecule has 0 amide bonds. The molecule has 11 heteroatoms. The smallest absolute Gasteiger partial charge is 0.261 e. The van der Waals surface area contributed by atoms with Gasteiger partial charge in [0.2, 0.25) is 0 Å². The number of methoxy groups -OCH3 is 1. The van der Waals surface area contributed by atoms with Gasteiger partial charge in [-0.05, 0) is 56.3 Å². The lowest BCUT2D eigenvalue weighted by atomic mass is 10.0. The number of piperidine rings is 1. The fraction of sp³-hybridized carbons (Fsp3) is 0.440. The molecule has 1 aliphatic rings. The highest BCUT2D eigenvalue weighted by Crippen LogP contribution is 2.31. The molecular formula is C25H30ClFN4O4S. The second-order valence-electron chi connectivity index (χ2n) is 8.96. The summed E-state index contributed by atoms with van der Waals surface area (Å²) in [5.41, 5.74) is 0.486. The summed E-state index contributed by atoms with van der Waals surface area (Å²) >= 11 is 6.12. The van der Waals surface area contributed by atoms with E-state index in [0.717, 1.165) is 25.9 Å². The minimum atomic E-state index is -3.55. The highest BCUT2D eigenvalue weighted by Gasteiger charge is 2.24. The molecule has 1 fully saturated rings. The van der Waals surface area contributed by atoms with Crippen molar-refractivity contribution in [3.05, 3.63) is 62.9 Å². The van der Waals surface area contributed by atoms with Crippen LogP contribution in [0.15, 0.2) is 40.3 Å². The van der Waals surface area contributed by atoms with Gasteiger partial charge in [-0.1, -0.05) is 18.5 Å². The number of rotatable bonds is 8. The van der Waals surface area contributed by atoms with Gasteiger partial charge < -0.3 is 10.1 Å². The molecule has 0 radical (unpaired) electrons. The molecule has 1 atom stereocenters. The highest BCUT2D eigenvalue weighted by molar-refractivity contribution is 7.91. The Morgan fingerprint density at radius 1 is 1.28 bits per heavy atom. The first-order chi connectivity index (χ1) is 17.2. The normalized spacial score (nSPS) is 17.0. The van der Waals surface area contributed by atoms with E-state index in [0.29, 0.717) is 28.7 Å². The number of fused-ring (bicyclic) bond motifs is 1. The quantitative estimate of drug-likeness (QED) is 0.472. The summed E-state index contributed by atoms with van der Waals surface area (Å²) in [5.74, 6) is -0.401. The standard InChI is InChI=1S/C25H30ClFN4O4S/c1-4-36(33,34)22-8-7-17(26)10-16(22)12-31-15-29-23-19(25(31)32)11-21(27)20(24(23)35-3)14-30-9-5-6-18(13-30)28-2/h7-8,10-11,15,18,28H,4-6,9,12-14H2,1-3H3/t18-/m0/s1. The van der Waals surface area contributed by atoms with Crippen molar-refractivity contribution in [1.29, 1.82) is 0 Å². The van der Waals surface area contributed by atoms with Crippen LogP contribution >= 0.6 is 11.6 Å². The predicted octanol–water partition coefficient (Wildman–Crippen LogP) is 3.22. The van der Waals surface area contributed by atoms with E-state index in [1.54, 1.807) is 6.92 Å². The molecule has 0 spiro atoms. The van der Waals surface area contributed by atoms with Crippen molar-refractivity contribution in [3.63, 3.8) is 0 Å². The number of benzene rings is 2. The van der Waals surface area contributed by atoms with E-state index in [2.05, 4.69) is 15.2 Å². The van der Waals surface area contributed by atoms with Crippen molar-refractivity contribution in [2.45, 2.75) is 43.8 Å². The summed E-state index contributed by atoms with van der Waals surface area (Å²) in [6, 6.07) is 5.98. The fourth-order valence-electron chi connectivity index (χ4n) is 4.73. The van der Waals surface area contributed by atoms with Crippen LogP contribution in [-0.2, 0) is 22.9 Å². The van der Waals surface area contributed by atoms with Gasteiger partial charge in [-0.25, -0.2) is 17.8 Å². The van der Waals surface area contributed by atoms with Crippen LogP contribution in [0.4, 0.5) is 4.39 Å². The minimum absolute atomic E-state index is 0.0595. The molecule has 3 aromatic rings. The average Bonchev–Trinajstić information content (AvgIpc) is 2.86. The number of sulfone groups is 1. The van der Waals surface area contributed by atoms with E-state index in [1.165, 1.54) is 42.3 Å². The number of ether oxygens (including phenoxy) is 1. The van der Waals surface area contributed by atoms with E-state index in [1.807, 2.05) is 7.05 Å². The maximum absolute atomic E-state index is 15.4. The molecule has 1 saturated heterocycles. The Morgan fingerprint density at radius 3 is 2.75 bits per heavy atom. The molecular weight excluding hydrogens is 507 g/mol. The Kier molecular flexibility index (Phi) is 7.99. The molecule has 0 bridgehead atoms. The van der Waals surface area contributed by atoms with Gasteiger partial charge in [0.25, 0.3) is 5.56 Å². The molecule has 194 valence electrons. The molecule has 1 N–H and O–H groups in total. The van der Waals surface area contributed by atoms with Crippen molar-refractivity contribution in [1.82, 2.24) is 19.8 Å². The molecule has 2 aromatic carbocycles. The maximum atomic E-state index is 15.4. The number of hydrogen-bond donors (Lipinski definition) is 1. The monoisotopic (exact) mass is 536 g/mol. The lowest BCUT2D eigenvalue weighted by Gasteiger charge is -2.33. The summed E-state index contributed by atoms with van der Waals surface area (Å²) in [7, 11) is -0.191. The van der Waals surface area contributed by atoms with Crippen LogP contribution in [0.3, 0.4) is 0 Å². The molecule has 0 unspecified atom stereocenters. The van der Waals surface area contributed by atoms with E-state index in [-0.39, 0.29) is 33.8 Å². The molecule has 1 aliphatic heterocycles.